The van der Waals surface area contributed by atoms with Crippen molar-refractivity contribution in [2.75, 3.05) is 44.2 Å². The van der Waals surface area contributed by atoms with E-state index in [0.717, 1.165) is 49.3 Å². The average Bonchev–Trinajstić information content (AvgIpc) is 3.36. The lowest BCUT2D eigenvalue weighted by Gasteiger charge is -2.31. The van der Waals surface area contributed by atoms with Gasteiger partial charge in [0.2, 0.25) is 16.2 Å². The number of nitrogens with one attached hydrogen (secondary N) is 1. The number of piperidine rings is 1. The summed E-state index contributed by atoms with van der Waals surface area (Å²) in [6, 6.07) is 3.96. The van der Waals surface area contributed by atoms with Crippen molar-refractivity contribution < 1.29 is 4.79 Å². The Morgan fingerprint density at radius 1 is 1.04 bits per heavy atom. The van der Waals surface area contributed by atoms with Gasteiger partial charge in [-0.15, -0.1) is 10.2 Å². The maximum atomic E-state index is 12.7. The van der Waals surface area contributed by atoms with Crippen molar-refractivity contribution in [1.82, 2.24) is 25.0 Å². The van der Waals surface area contributed by atoms with Crippen LogP contribution in [0.2, 0.25) is 0 Å². The monoisotopic (exact) mass is 402 g/mol. The fraction of sp³-hybridized carbons (Fsp3) is 0.650. The first-order valence-corrected chi connectivity index (χ1v) is 11.3. The summed E-state index contributed by atoms with van der Waals surface area (Å²) in [5, 5.41) is 13.6. The molecule has 4 heterocycles. The molecular weight excluding hydrogens is 372 g/mol. The van der Waals surface area contributed by atoms with E-state index in [0.29, 0.717) is 0 Å². The number of nitrogens with zero attached hydrogens (tertiary/aromatic N) is 5. The molecule has 152 valence electrons. The molecule has 2 aliphatic rings. The average molecular weight is 403 g/mol. The van der Waals surface area contributed by atoms with Crippen LogP contribution in [0.3, 0.4) is 0 Å². The summed E-state index contributed by atoms with van der Waals surface area (Å²) in [5.41, 5.74) is 0. The summed E-state index contributed by atoms with van der Waals surface area (Å²) in [7, 11) is 0. The summed E-state index contributed by atoms with van der Waals surface area (Å²) in [5.74, 6) is 0.228. The van der Waals surface area contributed by atoms with Crippen LogP contribution < -0.4 is 10.2 Å². The largest absolute Gasteiger partial charge is 0.355 e. The molecule has 0 aromatic carbocycles. The third-order valence-corrected chi connectivity index (χ3v) is 6.72. The van der Waals surface area contributed by atoms with Gasteiger partial charge in [-0.1, -0.05) is 24.2 Å². The molecule has 28 heavy (non-hydrogen) atoms. The molecule has 1 unspecified atom stereocenters. The third kappa shape index (κ3) is 4.91. The highest BCUT2D eigenvalue weighted by molar-refractivity contribution is 7.17. The number of rotatable bonds is 6. The van der Waals surface area contributed by atoms with Gasteiger partial charge in [-0.05, 0) is 50.9 Å². The van der Waals surface area contributed by atoms with E-state index in [1.807, 2.05) is 29.1 Å². The lowest BCUT2D eigenvalue weighted by Crippen LogP contribution is -2.44. The minimum absolute atomic E-state index is 0.0387. The Hall–Kier alpha value is -1.93. The Kier molecular flexibility index (Phi) is 6.59. The lowest BCUT2D eigenvalue weighted by molar-refractivity contribution is -0.125. The number of likely N-dealkylation sites (tertiary alicyclic amines) is 1. The van der Waals surface area contributed by atoms with Gasteiger partial charge >= 0.3 is 0 Å². The van der Waals surface area contributed by atoms with Crippen LogP contribution in [0, 0.1) is 5.92 Å². The molecule has 0 radical (unpaired) electrons. The van der Waals surface area contributed by atoms with E-state index in [-0.39, 0.29) is 11.8 Å². The van der Waals surface area contributed by atoms with Gasteiger partial charge < -0.3 is 15.1 Å². The first-order valence-electron chi connectivity index (χ1n) is 10.5. The van der Waals surface area contributed by atoms with Gasteiger partial charge in [-0.3, -0.25) is 9.36 Å². The van der Waals surface area contributed by atoms with E-state index >= 15 is 0 Å². The van der Waals surface area contributed by atoms with Crippen LogP contribution in [0.25, 0.3) is 5.13 Å². The topological polar surface area (TPSA) is 66.3 Å². The quantitative estimate of drug-likeness (QED) is 0.804. The number of amides is 1. The Bertz CT molecular complexity index is 738. The van der Waals surface area contributed by atoms with Crippen molar-refractivity contribution in [1.29, 1.82) is 0 Å². The second-order valence-corrected chi connectivity index (χ2v) is 8.72. The number of anilines is 1. The number of hydrogen-bond donors (Lipinski definition) is 1. The van der Waals surface area contributed by atoms with E-state index in [2.05, 4.69) is 25.3 Å². The standard InChI is InChI=1S/C20H30N6OS/c27-18(21-9-15-24-10-3-1-2-4-11-24)17-8-7-14-26(16-17)20-23-22-19(28-20)25-12-5-6-13-25/h5-6,12-13,17H,1-4,7-11,14-16H2,(H,21,27). The Morgan fingerprint density at radius 2 is 1.79 bits per heavy atom. The van der Waals surface area contributed by atoms with Crippen molar-refractivity contribution in [3.8, 4) is 5.13 Å². The molecule has 0 spiro atoms. The molecule has 0 bridgehead atoms. The van der Waals surface area contributed by atoms with Gasteiger partial charge in [-0.25, -0.2) is 0 Å². The zero-order valence-corrected chi connectivity index (χ0v) is 17.2. The molecular formula is C20H30N6OS. The van der Waals surface area contributed by atoms with Crippen LogP contribution >= 0.6 is 11.3 Å². The van der Waals surface area contributed by atoms with Crippen molar-refractivity contribution in [3.05, 3.63) is 24.5 Å². The van der Waals surface area contributed by atoms with E-state index < -0.39 is 0 Å². The highest BCUT2D eigenvalue weighted by Crippen LogP contribution is 2.27. The predicted molar refractivity (Wildman–Crippen MR) is 112 cm³/mol. The Balaban J connectivity index is 1.26. The Morgan fingerprint density at radius 3 is 2.57 bits per heavy atom. The Labute approximate surface area is 170 Å². The van der Waals surface area contributed by atoms with Gasteiger partial charge in [0, 0.05) is 38.6 Å². The molecule has 2 aromatic rings. The van der Waals surface area contributed by atoms with Gasteiger partial charge in [0.1, 0.15) is 0 Å². The van der Waals surface area contributed by atoms with Crippen LogP contribution in [0.1, 0.15) is 38.5 Å². The van der Waals surface area contributed by atoms with E-state index in [1.54, 1.807) is 11.3 Å². The molecule has 1 atom stereocenters. The molecule has 8 heteroatoms. The summed E-state index contributed by atoms with van der Waals surface area (Å²) >= 11 is 1.58. The van der Waals surface area contributed by atoms with E-state index in [4.69, 9.17) is 0 Å². The molecule has 0 saturated carbocycles. The summed E-state index contributed by atoms with van der Waals surface area (Å²) in [4.78, 5) is 17.4. The van der Waals surface area contributed by atoms with Crippen molar-refractivity contribution in [3.63, 3.8) is 0 Å². The van der Waals surface area contributed by atoms with Crippen molar-refractivity contribution >= 4 is 22.4 Å². The molecule has 0 aliphatic carbocycles. The molecule has 2 aromatic heterocycles. The number of hydrogen-bond acceptors (Lipinski definition) is 6. The van der Waals surface area contributed by atoms with Gasteiger partial charge in [0.15, 0.2) is 0 Å². The van der Waals surface area contributed by atoms with Crippen LogP contribution in [0.5, 0.6) is 0 Å². The fourth-order valence-corrected chi connectivity index (χ4v) is 4.96. The van der Waals surface area contributed by atoms with Gasteiger partial charge in [-0.2, -0.15) is 0 Å². The summed E-state index contributed by atoms with van der Waals surface area (Å²) in [6.45, 7) is 5.75. The van der Waals surface area contributed by atoms with Crippen LogP contribution in [0.15, 0.2) is 24.5 Å². The molecule has 2 aliphatic heterocycles. The highest BCUT2D eigenvalue weighted by Gasteiger charge is 2.27. The van der Waals surface area contributed by atoms with E-state index in [1.165, 1.54) is 38.8 Å². The maximum absolute atomic E-state index is 12.7. The molecule has 2 fully saturated rings. The normalized spacial score (nSPS) is 21.4. The smallest absolute Gasteiger partial charge is 0.224 e. The summed E-state index contributed by atoms with van der Waals surface area (Å²) < 4.78 is 1.97. The van der Waals surface area contributed by atoms with Gasteiger partial charge in [0.25, 0.3) is 0 Å². The maximum Gasteiger partial charge on any atom is 0.224 e. The second-order valence-electron chi connectivity index (χ2n) is 7.79. The zero-order valence-electron chi connectivity index (χ0n) is 16.4. The lowest BCUT2D eigenvalue weighted by atomic mass is 9.97. The zero-order chi connectivity index (χ0) is 19.2. The SMILES string of the molecule is O=C(NCCN1CCCCCC1)C1CCCN(c2nnc(-n3cccc3)s2)C1. The second kappa shape index (κ2) is 9.52. The van der Waals surface area contributed by atoms with Crippen LogP contribution in [0.4, 0.5) is 5.13 Å². The minimum Gasteiger partial charge on any atom is -0.355 e. The number of aromatic nitrogens is 3. The van der Waals surface area contributed by atoms with E-state index in [9.17, 15) is 4.79 Å². The third-order valence-electron chi connectivity index (χ3n) is 5.72. The number of carbonyl (C=O) groups excluding carboxylic acids is 1. The van der Waals surface area contributed by atoms with Crippen molar-refractivity contribution in [2.45, 2.75) is 38.5 Å². The molecule has 7 nitrogen and oxygen atoms in total. The van der Waals surface area contributed by atoms with Gasteiger partial charge in [0.05, 0.1) is 5.92 Å². The summed E-state index contributed by atoms with van der Waals surface area (Å²) in [6.07, 6.45) is 11.2. The first kappa shape index (κ1) is 19.4. The number of carbonyl (C=O) groups is 1. The van der Waals surface area contributed by atoms with Crippen LogP contribution in [-0.4, -0.2) is 64.8 Å². The molecule has 1 N–H and O–H groups in total. The first-order chi connectivity index (χ1) is 13.8. The molecule has 2 saturated heterocycles. The van der Waals surface area contributed by atoms with Crippen molar-refractivity contribution in [2.24, 2.45) is 5.92 Å². The molecule has 4 rings (SSSR count). The van der Waals surface area contributed by atoms with Crippen LogP contribution in [-0.2, 0) is 4.79 Å². The predicted octanol–water partition coefficient (Wildman–Crippen LogP) is 2.54. The molecule has 1 amide bonds. The fourth-order valence-electron chi connectivity index (χ4n) is 4.11. The highest BCUT2D eigenvalue weighted by atomic mass is 32.1. The minimum atomic E-state index is 0.0387.